The minimum atomic E-state index is -4.67. The second-order valence-electron chi connectivity index (χ2n) is 6.04. The zero-order valence-corrected chi connectivity index (χ0v) is 15.1. The predicted molar refractivity (Wildman–Crippen MR) is 92.2 cm³/mol. The Hall–Kier alpha value is -1.73. The van der Waals surface area contributed by atoms with Crippen LogP contribution in [-0.2, 0) is 22.6 Å². The summed E-state index contributed by atoms with van der Waals surface area (Å²) in [4.78, 5) is -0.0245. The first-order chi connectivity index (χ1) is 11.5. The largest absolute Gasteiger partial charge is 0.417 e. The van der Waals surface area contributed by atoms with E-state index in [1.807, 2.05) is 13.8 Å². The molecule has 0 aliphatic heterocycles. The third-order valence-corrected chi connectivity index (χ3v) is 5.13. The normalized spacial score (nSPS) is 12.4. The van der Waals surface area contributed by atoms with E-state index in [-0.39, 0.29) is 10.6 Å². The van der Waals surface area contributed by atoms with Gasteiger partial charge in [-0.25, -0.2) is 8.42 Å². The molecule has 2 aromatic rings. The Bertz CT molecular complexity index is 847. The average molecular weight is 392 g/mol. The smallest absolute Gasteiger partial charge is 0.280 e. The van der Waals surface area contributed by atoms with Crippen LogP contribution in [-0.4, -0.2) is 8.42 Å². The number of hydrogen-bond donors (Lipinski definition) is 1. The van der Waals surface area contributed by atoms with Crippen LogP contribution in [0.2, 0.25) is 5.02 Å². The second-order valence-corrected chi connectivity index (χ2v) is 8.13. The van der Waals surface area contributed by atoms with Gasteiger partial charge >= 0.3 is 6.18 Å². The van der Waals surface area contributed by atoms with Crippen LogP contribution in [0.4, 0.5) is 18.9 Å². The third kappa shape index (κ3) is 5.12. The minimum Gasteiger partial charge on any atom is -0.280 e. The molecule has 0 radical (unpaired) electrons. The molecule has 136 valence electrons. The van der Waals surface area contributed by atoms with Crippen LogP contribution in [0.3, 0.4) is 0 Å². The Kier molecular flexibility index (Phi) is 5.68. The summed E-state index contributed by atoms with van der Waals surface area (Å²) in [6.07, 6.45) is -3.86. The molecule has 0 aromatic heterocycles. The van der Waals surface area contributed by atoms with E-state index < -0.39 is 26.8 Å². The summed E-state index contributed by atoms with van der Waals surface area (Å²) >= 11 is 5.53. The van der Waals surface area contributed by atoms with Gasteiger partial charge in [-0.2, -0.15) is 13.2 Å². The van der Waals surface area contributed by atoms with Crippen LogP contribution in [0.25, 0.3) is 0 Å². The van der Waals surface area contributed by atoms with E-state index in [1.165, 1.54) is 18.2 Å². The molecule has 0 aliphatic carbocycles. The van der Waals surface area contributed by atoms with E-state index in [0.29, 0.717) is 12.0 Å². The fraction of sp³-hybridized carbons (Fsp3) is 0.294. The van der Waals surface area contributed by atoms with Crippen LogP contribution < -0.4 is 4.72 Å². The van der Waals surface area contributed by atoms with Crippen LogP contribution in [0, 0.1) is 5.92 Å². The molecular weight excluding hydrogens is 375 g/mol. The zero-order chi connectivity index (χ0) is 18.8. The van der Waals surface area contributed by atoms with Crippen molar-refractivity contribution in [2.75, 3.05) is 4.72 Å². The van der Waals surface area contributed by atoms with E-state index >= 15 is 0 Å². The Balaban J connectivity index is 2.27. The van der Waals surface area contributed by atoms with Crippen molar-refractivity contribution in [1.82, 2.24) is 0 Å². The Morgan fingerprint density at radius 2 is 1.68 bits per heavy atom. The number of hydrogen-bond acceptors (Lipinski definition) is 2. The summed E-state index contributed by atoms with van der Waals surface area (Å²) in [5.74, 6) is 0.426. The van der Waals surface area contributed by atoms with Gasteiger partial charge in [0.25, 0.3) is 10.0 Å². The molecule has 0 bridgehead atoms. The minimum absolute atomic E-state index is 0.0245. The van der Waals surface area contributed by atoms with Gasteiger partial charge in [-0.3, -0.25) is 4.72 Å². The standard InChI is InChI=1S/C17H17ClF3NO2S/c1-11(2)9-12-3-6-14(7-4-12)25(23,24)22-13-5-8-16(18)15(10-13)17(19,20)21/h3-8,10-11,22H,9H2,1-2H3. The molecule has 25 heavy (non-hydrogen) atoms. The van der Waals surface area contributed by atoms with Crippen LogP contribution >= 0.6 is 11.6 Å². The van der Waals surface area contributed by atoms with Crippen molar-refractivity contribution < 1.29 is 21.6 Å². The average Bonchev–Trinajstić information content (AvgIpc) is 2.48. The Morgan fingerprint density at radius 3 is 2.20 bits per heavy atom. The van der Waals surface area contributed by atoms with Crippen molar-refractivity contribution in [3.8, 4) is 0 Å². The van der Waals surface area contributed by atoms with Crippen LogP contribution in [0.1, 0.15) is 25.0 Å². The van der Waals surface area contributed by atoms with Crippen molar-refractivity contribution >= 4 is 27.3 Å². The van der Waals surface area contributed by atoms with Gasteiger partial charge in [-0.05, 0) is 48.2 Å². The number of benzene rings is 2. The van der Waals surface area contributed by atoms with Gasteiger partial charge in [-0.1, -0.05) is 37.6 Å². The number of halogens is 4. The summed E-state index contributed by atoms with van der Waals surface area (Å²) in [5, 5.41) is -0.492. The van der Waals surface area contributed by atoms with E-state index in [0.717, 1.165) is 18.1 Å². The van der Waals surface area contributed by atoms with E-state index in [2.05, 4.69) is 4.72 Å². The van der Waals surface area contributed by atoms with Gasteiger partial charge in [0.2, 0.25) is 0 Å². The van der Waals surface area contributed by atoms with Crippen LogP contribution in [0.5, 0.6) is 0 Å². The highest BCUT2D eigenvalue weighted by Gasteiger charge is 2.33. The monoisotopic (exact) mass is 391 g/mol. The number of alkyl halides is 3. The molecule has 2 rings (SSSR count). The summed E-state index contributed by atoms with van der Waals surface area (Å²) in [6, 6.07) is 9.11. The van der Waals surface area contributed by atoms with Crippen molar-refractivity contribution in [2.45, 2.75) is 31.3 Å². The van der Waals surface area contributed by atoms with Gasteiger partial charge in [0.05, 0.1) is 15.5 Å². The lowest BCUT2D eigenvalue weighted by atomic mass is 10.0. The van der Waals surface area contributed by atoms with Crippen LogP contribution in [0.15, 0.2) is 47.4 Å². The molecule has 0 aliphatic rings. The highest BCUT2D eigenvalue weighted by atomic mass is 35.5. The number of rotatable bonds is 5. The lowest BCUT2D eigenvalue weighted by Gasteiger charge is -2.13. The van der Waals surface area contributed by atoms with E-state index in [1.54, 1.807) is 12.1 Å². The number of nitrogens with one attached hydrogen (secondary N) is 1. The van der Waals surface area contributed by atoms with Gasteiger partial charge in [0, 0.05) is 5.69 Å². The molecule has 8 heteroatoms. The molecule has 2 aromatic carbocycles. The summed E-state index contributed by atoms with van der Waals surface area (Å²) in [5.41, 5.74) is -0.315. The first-order valence-electron chi connectivity index (χ1n) is 7.47. The number of anilines is 1. The van der Waals surface area contributed by atoms with Gasteiger partial charge in [0.1, 0.15) is 0 Å². The first kappa shape index (κ1) is 19.6. The molecule has 0 unspecified atom stereocenters. The van der Waals surface area contributed by atoms with Gasteiger partial charge < -0.3 is 0 Å². The predicted octanol–water partition coefficient (Wildman–Crippen LogP) is 5.36. The topological polar surface area (TPSA) is 46.2 Å². The summed E-state index contributed by atoms with van der Waals surface area (Å²) in [6.45, 7) is 4.09. The van der Waals surface area contributed by atoms with Crippen molar-refractivity contribution in [3.05, 3.63) is 58.6 Å². The lowest BCUT2D eigenvalue weighted by molar-refractivity contribution is -0.137. The maximum Gasteiger partial charge on any atom is 0.417 e. The zero-order valence-electron chi connectivity index (χ0n) is 13.6. The molecule has 0 amide bonds. The fourth-order valence-electron chi connectivity index (χ4n) is 2.30. The summed E-state index contributed by atoms with van der Waals surface area (Å²) < 4.78 is 65.5. The van der Waals surface area contributed by atoms with Gasteiger partial charge in [0.15, 0.2) is 0 Å². The molecule has 0 heterocycles. The maximum absolute atomic E-state index is 12.9. The summed E-state index contributed by atoms with van der Waals surface area (Å²) in [7, 11) is -3.99. The Morgan fingerprint density at radius 1 is 1.08 bits per heavy atom. The number of sulfonamides is 1. The quantitative estimate of drug-likeness (QED) is 0.745. The van der Waals surface area contributed by atoms with Crippen molar-refractivity contribution in [1.29, 1.82) is 0 Å². The lowest BCUT2D eigenvalue weighted by Crippen LogP contribution is -2.14. The molecule has 1 N–H and O–H groups in total. The Labute approximate surface area is 149 Å². The SMILES string of the molecule is CC(C)Cc1ccc(S(=O)(=O)Nc2ccc(Cl)c(C(F)(F)F)c2)cc1. The molecular formula is C17H17ClF3NO2S. The molecule has 0 saturated carbocycles. The second kappa shape index (κ2) is 7.25. The van der Waals surface area contributed by atoms with E-state index in [9.17, 15) is 21.6 Å². The maximum atomic E-state index is 12.9. The molecule has 0 atom stereocenters. The van der Waals surface area contributed by atoms with Crippen molar-refractivity contribution in [3.63, 3.8) is 0 Å². The molecule has 0 saturated heterocycles. The third-order valence-electron chi connectivity index (χ3n) is 3.40. The first-order valence-corrected chi connectivity index (χ1v) is 9.33. The molecule has 3 nitrogen and oxygen atoms in total. The molecule has 0 fully saturated rings. The van der Waals surface area contributed by atoms with Crippen molar-refractivity contribution in [2.24, 2.45) is 5.92 Å². The van der Waals surface area contributed by atoms with Gasteiger partial charge in [-0.15, -0.1) is 0 Å². The van der Waals surface area contributed by atoms with E-state index in [4.69, 9.17) is 11.6 Å². The fourth-order valence-corrected chi connectivity index (χ4v) is 3.57. The highest BCUT2D eigenvalue weighted by molar-refractivity contribution is 7.92. The molecule has 0 spiro atoms. The highest BCUT2D eigenvalue weighted by Crippen LogP contribution is 2.36.